The van der Waals surface area contributed by atoms with E-state index in [0.717, 1.165) is 16.9 Å². The van der Waals surface area contributed by atoms with Gasteiger partial charge in [0.15, 0.2) is 10.9 Å². The molecule has 0 heterocycles. The van der Waals surface area contributed by atoms with Gasteiger partial charge in [0.2, 0.25) is 0 Å². The van der Waals surface area contributed by atoms with Gasteiger partial charge in [0.05, 0.1) is 19.3 Å². The molecule has 0 aliphatic carbocycles. The number of carbonyl (C=O) groups is 1. The fraction of sp³-hybridized carbons (Fsp3) is 0.130. The summed E-state index contributed by atoms with van der Waals surface area (Å²) >= 11 is 11.4. The van der Waals surface area contributed by atoms with Crippen LogP contribution in [0, 0.1) is 6.92 Å². The number of para-hydroxylation sites is 1. The Morgan fingerprint density at radius 1 is 1.13 bits per heavy atom. The number of ketones is 1. The number of ether oxygens (including phenoxy) is 1. The first-order valence-corrected chi connectivity index (χ1v) is 10.0. The van der Waals surface area contributed by atoms with E-state index in [1.54, 1.807) is 49.6 Å². The number of hydrazine groups is 1. The maximum Gasteiger partial charge on any atom is 0.195 e. The second-order valence-electron chi connectivity index (χ2n) is 6.74. The number of hydrogen-bond donors (Lipinski definition) is 2. The lowest BCUT2D eigenvalue weighted by atomic mass is 10.0. The number of carbonyl (C=O) groups excluding carboxylic acids is 1. The molecule has 0 saturated heterocycles. The molecule has 0 aromatic heterocycles. The third kappa shape index (κ3) is 5.16. The molecule has 0 fully saturated rings. The van der Waals surface area contributed by atoms with Crippen LogP contribution in [-0.4, -0.2) is 23.0 Å². The number of nitrogens with one attached hydrogen (secondary N) is 1. The highest BCUT2D eigenvalue weighted by atomic mass is 35.5. The predicted octanol–water partition coefficient (Wildman–Crippen LogP) is 4.96. The molecule has 154 valence electrons. The zero-order valence-corrected chi connectivity index (χ0v) is 18.3. The molecule has 0 unspecified atom stereocenters. The summed E-state index contributed by atoms with van der Waals surface area (Å²) in [5, 5.41) is 5.40. The predicted molar refractivity (Wildman–Crippen MR) is 125 cm³/mol. The molecule has 3 N–H and O–H groups in total. The van der Waals surface area contributed by atoms with Crippen molar-refractivity contribution in [2.75, 3.05) is 12.4 Å². The Morgan fingerprint density at radius 3 is 2.50 bits per heavy atom. The van der Waals surface area contributed by atoms with E-state index >= 15 is 0 Å². The van der Waals surface area contributed by atoms with E-state index in [0.29, 0.717) is 33.5 Å². The van der Waals surface area contributed by atoms with Gasteiger partial charge in [0.1, 0.15) is 5.75 Å². The molecule has 0 amide bonds. The average molecular weight is 440 g/mol. The van der Waals surface area contributed by atoms with Crippen molar-refractivity contribution in [2.45, 2.75) is 13.5 Å². The highest BCUT2D eigenvalue weighted by Gasteiger charge is 2.16. The van der Waals surface area contributed by atoms with E-state index in [1.807, 2.05) is 31.2 Å². The monoisotopic (exact) mass is 439 g/mol. The van der Waals surface area contributed by atoms with Crippen molar-refractivity contribution in [3.05, 3.63) is 94.0 Å². The van der Waals surface area contributed by atoms with Crippen LogP contribution in [0.5, 0.6) is 5.75 Å². The lowest BCUT2D eigenvalue weighted by Crippen LogP contribution is -2.40. The van der Waals surface area contributed by atoms with Gasteiger partial charge in [-0.1, -0.05) is 35.9 Å². The lowest BCUT2D eigenvalue weighted by molar-refractivity contribution is 0.103. The van der Waals surface area contributed by atoms with Crippen LogP contribution in [-0.2, 0) is 6.54 Å². The van der Waals surface area contributed by atoms with Crippen LogP contribution in [0.3, 0.4) is 0 Å². The van der Waals surface area contributed by atoms with Crippen LogP contribution < -0.4 is 15.9 Å². The number of hydrogen-bond acceptors (Lipinski definition) is 4. The number of thiocarbonyl (C=S) groups is 1. The second-order valence-corrected chi connectivity index (χ2v) is 7.57. The topological polar surface area (TPSA) is 67.6 Å². The van der Waals surface area contributed by atoms with Gasteiger partial charge in [-0.15, -0.1) is 0 Å². The van der Waals surface area contributed by atoms with Crippen LogP contribution in [0.25, 0.3) is 0 Å². The van der Waals surface area contributed by atoms with Gasteiger partial charge in [0, 0.05) is 16.1 Å². The van der Waals surface area contributed by atoms with Crippen molar-refractivity contribution in [1.29, 1.82) is 0 Å². The lowest BCUT2D eigenvalue weighted by Gasteiger charge is -2.22. The molecule has 0 bridgehead atoms. The molecule has 0 aliphatic rings. The Balaban J connectivity index is 1.74. The van der Waals surface area contributed by atoms with Gasteiger partial charge in [-0.2, -0.15) is 0 Å². The smallest absolute Gasteiger partial charge is 0.195 e. The number of halogens is 1. The van der Waals surface area contributed by atoms with Crippen LogP contribution in [0.1, 0.15) is 27.0 Å². The SMILES string of the molecule is COc1ccc(CN(N)C(=S)Nc2ccccc2C(=O)c2ccc(Cl)cc2)cc1C. The van der Waals surface area contributed by atoms with Crippen molar-refractivity contribution in [2.24, 2.45) is 5.84 Å². The molecule has 0 radical (unpaired) electrons. The Morgan fingerprint density at radius 2 is 1.83 bits per heavy atom. The zero-order valence-electron chi connectivity index (χ0n) is 16.7. The molecule has 5 nitrogen and oxygen atoms in total. The quantitative estimate of drug-likeness (QED) is 0.245. The van der Waals surface area contributed by atoms with Crippen molar-refractivity contribution in [3.8, 4) is 5.75 Å². The number of nitrogens with zero attached hydrogens (tertiary/aromatic N) is 1. The average Bonchev–Trinajstić information content (AvgIpc) is 2.74. The normalized spacial score (nSPS) is 10.4. The van der Waals surface area contributed by atoms with Crippen LogP contribution in [0.15, 0.2) is 66.7 Å². The molecule has 0 aliphatic heterocycles. The minimum absolute atomic E-state index is 0.132. The molecular formula is C23H22ClN3O2S. The van der Waals surface area contributed by atoms with Crippen molar-refractivity contribution in [3.63, 3.8) is 0 Å². The first-order chi connectivity index (χ1) is 14.4. The van der Waals surface area contributed by atoms with Crippen molar-refractivity contribution in [1.82, 2.24) is 5.01 Å². The van der Waals surface area contributed by atoms with E-state index in [9.17, 15) is 4.79 Å². The van der Waals surface area contributed by atoms with Gasteiger partial charge < -0.3 is 10.1 Å². The summed E-state index contributed by atoms with van der Waals surface area (Å²) in [4.78, 5) is 12.9. The number of rotatable bonds is 6. The molecular weight excluding hydrogens is 418 g/mol. The largest absolute Gasteiger partial charge is 0.496 e. The van der Waals surface area contributed by atoms with Crippen LogP contribution in [0.4, 0.5) is 5.69 Å². The summed E-state index contributed by atoms with van der Waals surface area (Å²) in [6.07, 6.45) is 0. The number of nitrogens with two attached hydrogens (primary N) is 1. The third-order valence-electron chi connectivity index (χ3n) is 4.59. The number of methoxy groups -OCH3 is 1. The maximum atomic E-state index is 12.9. The first kappa shape index (κ1) is 21.8. The molecule has 3 rings (SSSR count). The van der Waals surface area contributed by atoms with Gasteiger partial charge >= 0.3 is 0 Å². The van der Waals surface area contributed by atoms with Crippen LogP contribution in [0.2, 0.25) is 5.02 Å². The molecule has 3 aromatic carbocycles. The first-order valence-electron chi connectivity index (χ1n) is 9.25. The second kappa shape index (κ2) is 9.71. The Hall–Kier alpha value is -2.93. The molecule has 0 atom stereocenters. The number of anilines is 1. The zero-order chi connectivity index (χ0) is 21.7. The highest BCUT2D eigenvalue weighted by Crippen LogP contribution is 2.22. The van der Waals surface area contributed by atoms with Gasteiger partial charge in [-0.05, 0) is 72.7 Å². The van der Waals surface area contributed by atoms with Gasteiger partial charge in [-0.25, -0.2) is 5.84 Å². The highest BCUT2D eigenvalue weighted by molar-refractivity contribution is 7.80. The Labute approximate surface area is 186 Å². The molecule has 0 spiro atoms. The standard InChI is InChI=1S/C23H22ClN3O2S/c1-15-13-16(7-12-21(15)29-2)14-27(25)23(30)26-20-6-4-3-5-19(20)22(28)17-8-10-18(24)11-9-17/h3-13H,14,25H2,1-2H3,(H,26,30). The van der Waals surface area contributed by atoms with E-state index in [-0.39, 0.29) is 5.78 Å². The van der Waals surface area contributed by atoms with Gasteiger partial charge in [0.25, 0.3) is 0 Å². The molecule has 0 saturated carbocycles. The minimum atomic E-state index is -0.132. The van der Waals surface area contributed by atoms with Crippen LogP contribution >= 0.6 is 23.8 Å². The summed E-state index contributed by atoms with van der Waals surface area (Å²) in [7, 11) is 1.64. The summed E-state index contributed by atoms with van der Waals surface area (Å²) < 4.78 is 5.29. The minimum Gasteiger partial charge on any atom is -0.496 e. The fourth-order valence-electron chi connectivity index (χ4n) is 3.04. The van der Waals surface area contributed by atoms with E-state index in [2.05, 4.69) is 5.32 Å². The summed E-state index contributed by atoms with van der Waals surface area (Å²) in [6.45, 7) is 2.38. The molecule has 3 aromatic rings. The van der Waals surface area contributed by atoms with Crippen molar-refractivity contribution < 1.29 is 9.53 Å². The van der Waals surface area contributed by atoms with E-state index in [4.69, 9.17) is 34.4 Å². The van der Waals surface area contributed by atoms with E-state index < -0.39 is 0 Å². The van der Waals surface area contributed by atoms with E-state index in [1.165, 1.54) is 5.01 Å². The maximum absolute atomic E-state index is 12.9. The van der Waals surface area contributed by atoms with Gasteiger partial charge in [-0.3, -0.25) is 9.80 Å². The fourth-order valence-corrected chi connectivity index (χ4v) is 3.34. The summed E-state index contributed by atoms with van der Waals surface area (Å²) in [5.74, 6) is 6.86. The molecule has 30 heavy (non-hydrogen) atoms. The molecule has 7 heteroatoms. The number of benzene rings is 3. The van der Waals surface area contributed by atoms with Crippen molar-refractivity contribution >= 4 is 40.4 Å². The summed E-state index contributed by atoms with van der Waals surface area (Å²) in [5.41, 5.74) is 3.63. The summed E-state index contributed by atoms with van der Waals surface area (Å²) in [6, 6.07) is 19.8. The Bertz CT molecular complexity index is 1070. The Kier molecular flexibility index (Phi) is 7.05. The third-order valence-corrected chi connectivity index (χ3v) is 5.18. The number of aryl methyl sites for hydroxylation is 1.